The monoisotopic (exact) mass is 394 g/mol. The van der Waals surface area contributed by atoms with E-state index in [1.54, 1.807) is 0 Å². The molecule has 3 atom stereocenters. The summed E-state index contributed by atoms with van der Waals surface area (Å²) in [5.74, 6) is 1.56. The maximum atomic E-state index is 12.4. The summed E-state index contributed by atoms with van der Waals surface area (Å²) in [6.07, 6.45) is 6.53. The van der Waals surface area contributed by atoms with Crippen LogP contribution in [0, 0.1) is 12.8 Å². The molecule has 2 bridgehead atoms. The van der Waals surface area contributed by atoms with Gasteiger partial charge in [-0.25, -0.2) is 0 Å². The van der Waals surface area contributed by atoms with Gasteiger partial charge in [0.1, 0.15) is 11.9 Å². The largest absolute Gasteiger partial charge is 0.488 e. The minimum atomic E-state index is 0. The van der Waals surface area contributed by atoms with Gasteiger partial charge in [0, 0.05) is 37.0 Å². The number of benzene rings is 1. The Morgan fingerprint density at radius 2 is 2.04 bits per heavy atom. The summed E-state index contributed by atoms with van der Waals surface area (Å²) in [5, 5.41) is 6.75. The van der Waals surface area contributed by atoms with E-state index in [1.807, 2.05) is 0 Å². The molecule has 3 aliphatic heterocycles. The van der Waals surface area contributed by atoms with Crippen molar-refractivity contribution in [3.63, 3.8) is 0 Å². The molecule has 0 aromatic heterocycles. The van der Waals surface area contributed by atoms with Crippen molar-refractivity contribution >= 4 is 18.3 Å². The van der Waals surface area contributed by atoms with Gasteiger partial charge in [-0.3, -0.25) is 4.79 Å². The molecular formula is C21H31ClN2O3. The van der Waals surface area contributed by atoms with Crippen LogP contribution in [0.1, 0.15) is 49.7 Å². The Bertz CT molecular complexity index is 636. The summed E-state index contributed by atoms with van der Waals surface area (Å²) in [5.41, 5.74) is 2.21. The number of fused-ring (bicyclic) bond motifs is 2. The first-order valence-corrected chi connectivity index (χ1v) is 10.0. The number of piperidine rings is 1. The van der Waals surface area contributed by atoms with E-state index in [2.05, 4.69) is 35.8 Å². The Morgan fingerprint density at radius 3 is 2.74 bits per heavy atom. The standard InChI is InChI=1S/C21H30N2O3.ClH/c1-14-2-3-16(20(8-14)26-19-6-7-25-13-19)12-22-21(24)11-15-9-17-4-5-18(10-15)23-17;/h2-3,8,15,17-19,23H,4-7,9-13H2,1H3,(H,22,24);1H. The van der Waals surface area contributed by atoms with Crippen LogP contribution in [0.4, 0.5) is 0 Å². The first-order valence-electron chi connectivity index (χ1n) is 10.0. The molecule has 3 heterocycles. The van der Waals surface area contributed by atoms with Gasteiger partial charge in [-0.1, -0.05) is 12.1 Å². The van der Waals surface area contributed by atoms with Crippen LogP contribution in [0.5, 0.6) is 5.75 Å². The second-order valence-electron chi connectivity index (χ2n) is 8.17. The van der Waals surface area contributed by atoms with Gasteiger partial charge in [0.25, 0.3) is 0 Å². The zero-order valence-electron chi connectivity index (χ0n) is 16.0. The molecule has 5 nitrogen and oxygen atoms in total. The first-order chi connectivity index (χ1) is 12.7. The molecule has 3 aliphatic rings. The number of aryl methyl sites for hydroxylation is 1. The normalized spacial score (nSPS) is 29.2. The lowest BCUT2D eigenvalue weighted by atomic mass is 9.89. The van der Waals surface area contributed by atoms with Crippen LogP contribution in [0.3, 0.4) is 0 Å². The molecule has 1 aromatic rings. The van der Waals surface area contributed by atoms with Crippen molar-refractivity contribution in [2.24, 2.45) is 5.92 Å². The molecule has 3 saturated heterocycles. The number of hydrogen-bond acceptors (Lipinski definition) is 4. The van der Waals surface area contributed by atoms with Crippen molar-refractivity contribution in [1.82, 2.24) is 10.6 Å². The lowest BCUT2D eigenvalue weighted by Crippen LogP contribution is -2.39. The topological polar surface area (TPSA) is 59.6 Å². The summed E-state index contributed by atoms with van der Waals surface area (Å²) in [6.45, 7) is 4.00. The highest BCUT2D eigenvalue weighted by Gasteiger charge is 2.34. The number of halogens is 1. The van der Waals surface area contributed by atoms with Gasteiger partial charge < -0.3 is 20.1 Å². The molecule has 0 radical (unpaired) electrons. The van der Waals surface area contributed by atoms with E-state index < -0.39 is 0 Å². The van der Waals surface area contributed by atoms with Crippen LogP contribution in [-0.4, -0.2) is 37.3 Å². The van der Waals surface area contributed by atoms with Gasteiger partial charge in [-0.15, -0.1) is 12.4 Å². The summed E-state index contributed by atoms with van der Waals surface area (Å²) in [7, 11) is 0. The Kier molecular flexibility index (Phi) is 7.01. The summed E-state index contributed by atoms with van der Waals surface area (Å²) >= 11 is 0. The molecule has 0 saturated carbocycles. The number of carbonyl (C=O) groups excluding carboxylic acids is 1. The lowest BCUT2D eigenvalue weighted by molar-refractivity contribution is -0.122. The van der Waals surface area contributed by atoms with Gasteiger partial charge in [-0.2, -0.15) is 0 Å². The average molecular weight is 395 g/mol. The fraction of sp³-hybridized carbons (Fsp3) is 0.667. The Balaban J connectivity index is 0.00000210. The molecule has 1 aromatic carbocycles. The van der Waals surface area contributed by atoms with Crippen LogP contribution < -0.4 is 15.4 Å². The smallest absolute Gasteiger partial charge is 0.220 e. The van der Waals surface area contributed by atoms with E-state index >= 15 is 0 Å². The summed E-state index contributed by atoms with van der Waals surface area (Å²) in [4.78, 5) is 12.4. The van der Waals surface area contributed by atoms with Crippen molar-refractivity contribution < 1.29 is 14.3 Å². The summed E-state index contributed by atoms with van der Waals surface area (Å²) in [6, 6.07) is 7.47. The van der Waals surface area contributed by atoms with E-state index in [-0.39, 0.29) is 24.4 Å². The highest BCUT2D eigenvalue weighted by molar-refractivity contribution is 5.85. The quantitative estimate of drug-likeness (QED) is 0.778. The third kappa shape index (κ3) is 5.37. The first kappa shape index (κ1) is 20.4. The lowest BCUT2D eigenvalue weighted by Gasteiger charge is -2.28. The molecule has 4 rings (SSSR count). The number of nitrogens with one attached hydrogen (secondary N) is 2. The predicted molar refractivity (Wildman–Crippen MR) is 107 cm³/mol. The van der Waals surface area contributed by atoms with Crippen molar-refractivity contribution in [3.8, 4) is 5.75 Å². The number of hydrogen-bond donors (Lipinski definition) is 2. The van der Waals surface area contributed by atoms with Crippen molar-refractivity contribution in [2.75, 3.05) is 13.2 Å². The molecule has 3 unspecified atom stereocenters. The van der Waals surface area contributed by atoms with Crippen LogP contribution in [-0.2, 0) is 16.1 Å². The fourth-order valence-electron chi connectivity index (χ4n) is 4.57. The van der Waals surface area contributed by atoms with E-state index in [0.29, 0.717) is 37.6 Å². The molecule has 3 fully saturated rings. The van der Waals surface area contributed by atoms with Crippen LogP contribution >= 0.6 is 12.4 Å². The molecule has 2 N–H and O–H groups in total. The van der Waals surface area contributed by atoms with Gasteiger partial charge in [0.05, 0.1) is 13.2 Å². The molecule has 0 spiro atoms. The van der Waals surface area contributed by atoms with Gasteiger partial charge in [0.2, 0.25) is 5.91 Å². The highest BCUT2D eigenvalue weighted by Crippen LogP contribution is 2.32. The third-order valence-electron chi connectivity index (χ3n) is 5.92. The number of amides is 1. The predicted octanol–water partition coefficient (Wildman–Crippen LogP) is 3.12. The zero-order chi connectivity index (χ0) is 17.9. The van der Waals surface area contributed by atoms with Crippen molar-refractivity contribution in [2.45, 2.75) is 70.2 Å². The highest BCUT2D eigenvalue weighted by atomic mass is 35.5. The van der Waals surface area contributed by atoms with E-state index in [1.165, 1.54) is 18.4 Å². The van der Waals surface area contributed by atoms with Crippen molar-refractivity contribution in [1.29, 1.82) is 0 Å². The second-order valence-corrected chi connectivity index (χ2v) is 8.17. The van der Waals surface area contributed by atoms with E-state index in [9.17, 15) is 4.79 Å². The molecule has 6 heteroatoms. The van der Waals surface area contributed by atoms with E-state index in [0.717, 1.165) is 37.2 Å². The molecule has 0 aliphatic carbocycles. The Hall–Kier alpha value is -1.30. The Labute approximate surface area is 168 Å². The van der Waals surface area contributed by atoms with Crippen LogP contribution in [0.25, 0.3) is 0 Å². The average Bonchev–Trinajstić information content (AvgIpc) is 3.24. The maximum absolute atomic E-state index is 12.4. The fourth-order valence-corrected chi connectivity index (χ4v) is 4.57. The minimum absolute atomic E-state index is 0. The van der Waals surface area contributed by atoms with Crippen molar-refractivity contribution in [3.05, 3.63) is 29.3 Å². The summed E-state index contributed by atoms with van der Waals surface area (Å²) < 4.78 is 11.5. The molecule has 150 valence electrons. The van der Waals surface area contributed by atoms with Crippen LogP contribution in [0.15, 0.2) is 18.2 Å². The Morgan fingerprint density at radius 1 is 1.26 bits per heavy atom. The molecular weight excluding hydrogens is 364 g/mol. The minimum Gasteiger partial charge on any atom is -0.488 e. The zero-order valence-corrected chi connectivity index (χ0v) is 16.9. The van der Waals surface area contributed by atoms with Gasteiger partial charge in [-0.05, 0) is 50.2 Å². The third-order valence-corrected chi connectivity index (χ3v) is 5.92. The SMILES string of the molecule is Cc1ccc(CNC(=O)CC2CC3CCC(C2)N3)c(OC2CCOC2)c1.Cl. The molecule has 1 amide bonds. The van der Waals surface area contributed by atoms with Gasteiger partial charge in [0.15, 0.2) is 0 Å². The molecule has 27 heavy (non-hydrogen) atoms. The maximum Gasteiger partial charge on any atom is 0.220 e. The second kappa shape index (κ2) is 9.26. The van der Waals surface area contributed by atoms with E-state index in [4.69, 9.17) is 9.47 Å². The van der Waals surface area contributed by atoms with Crippen LogP contribution in [0.2, 0.25) is 0 Å². The number of rotatable bonds is 6. The number of ether oxygens (including phenoxy) is 2. The number of carbonyl (C=O) groups is 1. The van der Waals surface area contributed by atoms with Gasteiger partial charge >= 0.3 is 0 Å².